The molecule has 0 N–H and O–H groups in total. The zero-order valence-corrected chi connectivity index (χ0v) is 17.2. The number of hydrogen-bond acceptors (Lipinski definition) is 3. The molecular weight excluding hydrogens is 346 g/mol. The van der Waals surface area contributed by atoms with Crippen molar-refractivity contribution in [3.05, 3.63) is 83.6 Å². The number of rotatable bonds is 4. The summed E-state index contributed by atoms with van der Waals surface area (Å²) in [4.78, 5) is 16.8. The minimum absolute atomic E-state index is 0.0511. The van der Waals surface area contributed by atoms with Gasteiger partial charge in [-0.1, -0.05) is 71.0 Å². The molecule has 1 aromatic heterocycles. The SMILES string of the molecule is CC(C)c1ccc(-c2ccc(OC(=O)c3ccc(C(C)(C)C)cc3)cn2)cc1. The third kappa shape index (κ3) is 4.66. The van der Waals surface area contributed by atoms with E-state index in [0.717, 1.165) is 11.3 Å². The van der Waals surface area contributed by atoms with Crippen LogP contribution in [0.3, 0.4) is 0 Å². The number of nitrogens with zero attached hydrogens (tertiary/aromatic N) is 1. The van der Waals surface area contributed by atoms with Gasteiger partial charge in [0.25, 0.3) is 0 Å². The standard InChI is InChI=1S/C25H27NO2/c1-17(2)18-6-8-19(9-7-18)23-15-14-22(16-26-23)28-24(27)20-10-12-21(13-11-20)25(3,4)5/h6-17H,1-5H3. The Morgan fingerprint density at radius 1 is 0.893 bits per heavy atom. The van der Waals surface area contributed by atoms with Crippen LogP contribution in [0.4, 0.5) is 0 Å². The van der Waals surface area contributed by atoms with Gasteiger partial charge in [-0.2, -0.15) is 0 Å². The lowest BCUT2D eigenvalue weighted by Crippen LogP contribution is -2.13. The number of hydrogen-bond donors (Lipinski definition) is 0. The summed E-state index contributed by atoms with van der Waals surface area (Å²) in [5, 5.41) is 0. The van der Waals surface area contributed by atoms with Gasteiger partial charge in [0.15, 0.2) is 0 Å². The molecule has 2 aromatic carbocycles. The van der Waals surface area contributed by atoms with Crippen molar-refractivity contribution in [1.29, 1.82) is 0 Å². The van der Waals surface area contributed by atoms with Crippen LogP contribution in [0.1, 0.15) is 62.0 Å². The first-order valence-electron chi connectivity index (χ1n) is 9.63. The average molecular weight is 373 g/mol. The van der Waals surface area contributed by atoms with E-state index in [1.165, 1.54) is 11.1 Å². The fraction of sp³-hybridized carbons (Fsp3) is 0.280. The van der Waals surface area contributed by atoms with Crippen LogP contribution in [-0.4, -0.2) is 11.0 Å². The number of aromatic nitrogens is 1. The lowest BCUT2D eigenvalue weighted by molar-refractivity contribution is 0.0734. The van der Waals surface area contributed by atoms with E-state index in [2.05, 4.69) is 63.9 Å². The molecule has 144 valence electrons. The molecule has 1 heterocycles. The molecule has 0 radical (unpaired) electrons. The highest BCUT2D eigenvalue weighted by Crippen LogP contribution is 2.24. The third-order valence-electron chi connectivity index (χ3n) is 4.81. The lowest BCUT2D eigenvalue weighted by Gasteiger charge is -2.18. The molecule has 3 nitrogen and oxygen atoms in total. The molecule has 0 spiro atoms. The predicted octanol–water partition coefficient (Wildman–Crippen LogP) is 6.39. The maximum atomic E-state index is 12.4. The molecular formula is C25H27NO2. The minimum Gasteiger partial charge on any atom is -0.421 e. The van der Waals surface area contributed by atoms with Crippen LogP contribution in [0, 0.1) is 0 Å². The molecule has 0 aliphatic heterocycles. The highest BCUT2D eigenvalue weighted by Gasteiger charge is 2.15. The Hall–Kier alpha value is -2.94. The second-order valence-corrected chi connectivity index (χ2v) is 8.37. The number of esters is 1. The zero-order chi connectivity index (χ0) is 20.3. The van der Waals surface area contributed by atoms with Gasteiger partial charge >= 0.3 is 5.97 Å². The van der Waals surface area contributed by atoms with Crippen molar-refractivity contribution in [1.82, 2.24) is 4.98 Å². The first-order chi connectivity index (χ1) is 13.2. The third-order valence-corrected chi connectivity index (χ3v) is 4.81. The highest BCUT2D eigenvalue weighted by atomic mass is 16.5. The Balaban J connectivity index is 1.69. The van der Waals surface area contributed by atoms with Crippen molar-refractivity contribution in [3.8, 4) is 17.0 Å². The Morgan fingerprint density at radius 2 is 1.54 bits per heavy atom. The fourth-order valence-electron chi connectivity index (χ4n) is 2.92. The second-order valence-electron chi connectivity index (χ2n) is 8.37. The minimum atomic E-state index is -0.378. The molecule has 0 aliphatic rings. The van der Waals surface area contributed by atoms with Gasteiger partial charge in [-0.05, 0) is 46.7 Å². The first-order valence-corrected chi connectivity index (χ1v) is 9.63. The first kappa shape index (κ1) is 19.8. The number of carbonyl (C=O) groups is 1. The van der Waals surface area contributed by atoms with E-state index in [-0.39, 0.29) is 11.4 Å². The summed E-state index contributed by atoms with van der Waals surface area (Å²) < 4.78 is 5.47. The molecule has 0 unspecified atom stereocenters. The van der Waals surface area contributed by atoms with Crippen molar-refractivity contribution in [2.75, 3.05) is 0 Å². The summed E-state index contributed by atoms with van der Waals surface area (Å²) in [5.74, 6) is 0.560. The summed E-state index contributed by atoms with van der Waals surface area (Å²) in [6.07, 6.45) is 1.59. The summed E-state index contributed by atoms with van der Waals surface area (Å²) in [7, 11) is 0. The molecule has 0 saturated carbocycles. The molecule has 3 rings (SSSR count). The summed E-state index contributed by atoms with van der Waals surface area (Å²) in [6.45, 7) is 10.8. The van der Waals surface area contributed by atoms with Gasteiger partial charge in [-0.3, -0.25) is 4.98 Å². The molecule has 3 aromatic rings. The van der Waals surface area contributed by atoms with Gasteiger partial charge in [0.05, 0.1) is 17.5 Å². The summed E-state index contributed by atoms with van der Waals surface area (Å²) in [5.41, 5.74) is 4.95. The van der Waals surface area contributed by atoms with Crippen LogP contribution in [0.15, 0.2) is 66.9 Å². The Morgan fingerprint density at radius 3 is 2.04 bits per heavy atom. The predicted molar refractivity (Wildman–Crippen MR) is 114 cm³/mol. The molecule has 3 heteroatoms. The topological polar surface area (TPSA) is 39.2 Å². The monoisotopic (exact) mass is 373 g/mol. The number of benzene rings is 2. The normalized spacial score (nSPS) is 11.5. The van der Waals surface area contributed by atoms with E-state index in [0.29, 0.717) is 17.2 Å². The maximum absolute atomic E-state index is 12.4. The quantitative estimate of drug-likeness (QED) is 0.498. The van der Waals surface area contributed by atoms with Crippen molar-refractivity contribution >= 4 is 5.97 Å². The van der Waals surface area contributed by atoms with Crippen LogP contribution in [-0.2, 0) is 5.41 Å². The van der Waals surface area contributed by atoms with Crippen LogP contribution >= 0.6 is 0 Å². The van der Waals surface area contributed by atoms with E-state index in [9.17, 15) is 4.79 Å². The van der Waals surface area contributed by atoms with Crippen LogP contribution in [0.5, 0.6) is 5.75 Å². The summed E-state index contributed by atoms with van der Waals surface area (Å²) in [6, 6.07) is 19.6. The average Bonchev–Trinajstić information content (AvgIpc) is 2.68. The van der Waals surface area contributed by atoms with Crippen LogP contribution in [0.25, 0.3) is 11.3 Å². The Kier molecular flexibility index (Phi) is 5.64. The van der Waals surface area contributed by atoms with Crippen LogP contribution < -0.4 is 4.74 Å². The van der Waals surface area contributed by atoms with E-state index in [4.69, 9.17) is 4.74 Å². The Labute approximate surface area is 167 Å². The van der Waals surface area contributed by atoms with E-state index in [1.807, 2.05) is 18.2 Å². The summed E-state index contributed by atoms with van der Waals surface area (Å²) >= 11 is 0. The van der Waals surface area contributed by atoms with Gasteiger partial charge in [-0.15, -0.1) is 0 Å². The van der Waals surface area contributed by atoms with Crippen molar-refractivity contribution in [2.24, 2.45) is 0 Å². The molecule has 28 heavy (non-hydrogen) atoms. The smallest absolute Gasteiger partial charge is 0.343 e. The fourth-order valence-corrected chi connectivity index (χ4v) is 2.92. The Bertz CT molecular complexity index is 932. The molecule has 0 atom stereocenters. The van der Waals surface area contributed by atoms with E-state index >= 15 is 0 Å². The molecule has 0 aliphatic carbocycles. The molecule has 0 fully saturated rings. The van der Waals surface area contributed by atoms with E-state index < -0.39 is 0 Å². The van der Waals surface area contributed by atoms with Crippen molar-refractivity contribution in [3.63, 3.8) is 0 Å². The molecule has 0 amide bonds. The van der Waals surface area contributed by atoms with Gasteiger partial charge in [-0.25, -0.2) is 4.79 Å². The number of ether oxygens (including phenoxy) is 1. The largest absolute Gasteiger partial charge is 0.421 e. The highest BCUT2D eigenvalue weighted by molar-refractivity contribution is 5.91. The van der Waals surface area contributed by atoms with Crippen molar-refractivity contribution in [2.45, 2.75) is 46.0 Å². The van der Waals surface area contributed by atoms with Crippen molar-refractivity contribution < 1.29 is 9.53 Å². The molecule has 0 saturated heterocycles. The maximum Gasteiger partial charge on any atom is 0.343 e. The van der Waals surface area contributed by atoms with Gasteiger partial charge in [0, 0.05) is 5.56 Å². The van der Waals surface area contributed by atoms with Gasteiger partial charge in [0.2, 0.25) is 0 Å². The number of carbonyl (C=O) groups excluding carboxylic acids is 1. The van der Waals surface area contributed by atoms with Gasteiger partial charge in [0.1, 0.15) is 5.75 Å². The van der Waals surface area contributed by atoms with Crippen LogP contribution in [0.2, 0.25) is 0 Å². The van der Waals surface area contributed by atoms with Gasteiger partial charge < -0.3 is 4.74 Å². The number of pyridine rings is 1. The second kappa shape index (κ2) is 7.97. The van der Waals surface area contributed by atoms with E-state index in [1.54, 1.807) is 24.4 Å². The zero-order valence-electron chi connectivity index (χ0n) is 17.2. The molecule has 0 bridgehead atoms. The lowest BCUT2D eigenvalue weighted by atomic mass is 9.87.